The molecule has 10 N–H and O–H groups in total. The molecule has 2 fully saturated rings. The number of anilines is 4. The van der Waals surface area contributed by atoms with Gasteiger partial charge in [0, 0.05) is 56.0 Å². The molecule has 11 nitrogen and oxygen atoms in total. The van der Waals surface area contributed by atoms with E-state index in [0.717, 1.165) is 29.9 Å². The SMILES string of the molecule is NC1CC(N)CN(c2nc3nc(Nc4ccccc4)nc(N4CC(N)CC(N)C4)c3[nH]2)C1. The molecule has 0 saturated carbocycles. The molecule has 11 heteroatoms. The Morgan fingerprint density at radius 1 is 0.781 bits per heavy atom. The van der Waals surface area contributed by atoms with Crippen LogP contribution in [0, 0.1) is 0 Å². The lowest BCUT2D eigenvalue weighted by atomic mass is 10.0. The standard InChI is InChI=1S/C21H31N11/c22-12-6-13(23)9-31(8-12)19-17-18(28-20(30-19)26-16-4-2-1-3-5-16)29-21(27-17)32-10-14(24)7-15(25)11-32/h1-5,12-15H,6-11,22-25H2,(H2,26,27,28,29,30). The van der Waals surface area contributed by atoms with Gasteiger partial charge in [-0.1, -0.05) is 18.2 Å². The molecule has 2 aromatic heterocycles. The molecule has 0 amide bonds. The molecule has 0 radical (unpaired) electrons. The summed E-state index contributed by atoms with van der Waals surface area (Å²) < 4.78 is 0. The number of hydrogen-bond acceptors (Lipinski definition) is 10. The zero-order chi connectivity index (χ0) is 22.2. The van der Waals surface area contributed by atoms with E-state index in [2.05, 4.69) is 25.1 Å². The molecular weight excluding hydrogens is 406 g/mol. The maximum atomic E-state index is 6.27. The van der Waals surface area contributed by atoms with Crippen molar-refractivity contribution >= 4 is 34.6 Å². The van der Waals surface area contributed by atoms with Crippen molar-refractivity contribution in [3.63, 3.8) is 0 Å². The fourth-order valence-corrected chi connectivity index (χ4v) is 4.66. The van der Waals surface area contributed by atoms with Crippen LogP contribution in [0.15, 0.2) is 30.3 Å². The number of nitrogens with two attached hydrogens (primary N) is 4. The third-order valence-corrected chi connectivity index (χ3v) is 5.98. The second-order valence-corrected chi connectivity index (χ2v) is 8.94. The topological polar surface area (TPSA) is 177 Å². The van der Waals surface area contributed by atoms with Crippen molar-refractivity contribution < 1.29 is 0 Å². The molecule has 0 bridgehead atoms. The molecule has 2 aliphatic heterocycles. The van der Waals surface area contributed by atoms with E-state index in [1.165, 1.54) is 0 Å². The van der Waals surface area contributed by atoms with Crippen molar-refractivity contribution in [2.45, 2.75) is 37.0 Å². The first kappa shape index (κ1) is 20.9. The molecule has 5 rings (SSSR count). The summed E-state index contributed by atoms with van der Waals surface area (Å²) in [5, 5.41) is 3.28. The molecule has 170 valence electrons. The van der Waals surface area contributed by atoms with Crippen LogP contribution in [0.4, 0.5) is 23.4 Å². The number of fused-ring (bicyclic) bond motifs is 1. The Labute approximate surface area is 186 Å². The fourth-order valence-electron chi connectivity index (χ4n) is 4.66. The van der Waals surface area contributed by atoms with Gasteiger partial charge < -0.3 is 43.0 Å². The monoisotopic (exact) mass is 437 g/mol. The molecule has 1 aromatic carbocycles. The van der Waals surface area contributed by atoms with E-state index in [1.54, 1.807) is 0 Å². The van der Waals surface area contributed by atoms with Gasteiger partial charge in [0.15, 0.2) is 11.5 Å². The van der Waals surface area contributed by atoms with Gasteiger partial charge in [-0.2, -0.15) is 15.0 Å². The maximum absolute atomic E-state index is 6.27. The van der Waals surface area contributed by atoms with Gasteiger partial charge in [-0.25, -0.2) is 0 Å². The first-order valence-corrected chi connectivity index (χ1v) is 11.1. The van der Waals surface area contributed by atoms with Crippen LogP contribution in [0.1, 0.15) is 12.8 Å². The molecule has 2 aliphatic rings. The number of nitrogens with zero attached hydrogens (tertiary/aromatic N) is 5. The molecule has 32 heavy (non-hydrogen) atoms. The predicted octanol–water partition coefficient (Wildman–Crippen LogP) is -0.174. The molecule has 0 spiro atoms. The summed E-state index contributed by atoms with van der Waals surface area (Å²) in [4.78, 5) is 21.9. The number of aromatic amines is 1. The first-order chi connectivity index (χ1) is 15.4. The summed E-state index contributed by atoms with van der Waals surface area (Å²) in [6.07, 6.45) is 1.59. The van der Waals surface area contributed by atoms with Crippen molar-refractivity contribution in [3.05, 3.63) is 30.3 Å². The van der Waals surface area contributed by atoms with Crippen molar-refractivity contribution in [3.8, 4) is 0 Å². The Morgan fingerprint density at radius 3 is 2.00 bits per heavy atom. The summed E-state index contributed by atoms with van der Waals surface area (Å²) in [6, 6.07) is 9.78. The molecular formula is C21H31N11. The van der Waals surface area contributed by atoms with Gasteiger partial charge in [-0.3, -0.25) is 0 Å². The quantitative estimate of drug-likeness (QED) is 0.321. The van der Waals surface area contributed by atoms with Crippen molar-refractivity contribution in [2.75, 3.05) is 41.3 Å². The average Bonchev–Trinajstić information content (AvgIpc) is 3.17. The van der Waals surface area contributed by atoms with E-state index in [1.807, 2.05) is 30.3 Å². The highest BCUT2D eigenvalue weighted by molar-refractivity contribution is 5.87. The summed E-state index contributed by atoms with van der Waals surface area (Å²) in [5.74, 6) is 1.91. The van der Waals surface area contributed by atoms with E-state index in [-0.39, 0.29) is 24.2 Å². The summed E-state index contributed by atoms with van der Waals surface area (Å²) in [5.41, 5.74) is 27.2. The van der Waals surface area contributed by atoms with Crippen LogP contribution < -0.4 is 38.1 Å². The normalized spacial score (nSPS) is 26.5. The summed E-state index contributed by atoms with van der Waals surface area (Å²) in [7, 11) is 0. The number of hydrogen-bond donors (Lipinski definition) is 6. The van der Waals surface area contributed by atoms with Crippen LogP contribution in [0.5, 0.6) is 0 Å². The number of rotatable bonds is 4. The largest absolute Gasteiger partial charge is 0.352 e. The Hall–Kier alpha value is -2.99. The van der Waals surface area contributed by atoms with Crippen LogP contribution in [0.3, 0.4) is 0 Å². The van der Waals surface area contributed by atoms with E-state index >= 15 is 0 Å². The van der Waals surface area contributed by atoms with Crippen LogP contribution in [-0.4, -0.2) is 70.3 Å². The summed E-state index contributed by atoms with van der Waals surface area (Å²) >= 11 is 0. The molecule has 3 aromatic rings. The number of H-pyrrole nitrogens is 1. The fraction of sp³-hybridized carbons (Fsp3) is 0.476. The minimum atomic E-state index is -0.0187. The lowest BCUT2D eigenvalue weighted by Gasteiger charge is -2.35. The molecule has 2 saturated heterocycles. The summed E-state index contributed by atoms with van der Waals surface area (Å²) in [6.45, 7) is 2.70. The van der Waals surface area contributed by atoms with Gasteiger partial charge in [0.05, 0.1) is 0 Å². The molecule has 4 unspecified atom stereocenters. The number of imidazole rings is 1. The van der Waals surface area contributed by atoms with Gasteiger partial charge in [0.2, 0.25) is 11.9 Å². The Morgan fingerprint density at radius 2 is 1.38 bits per heavy atom. The Bertz CT molecular complexity index is 1050. The third-order valence-electron chi connectivity index (χ3n) is 5.98. The van der Waals surface area contributed by atoms with Crippen LogP contribution in [0.2, 0.25) is 0 Å². The van der Waals surface area contributed by atoms with Gasteiger partial charge in [-0.05, 0) is 25.0 Å². The minimum absolute atomic E-state index is 0.00548. The Kier molecular flexibility index (Phi) is 5.55. The molecule has 0 aliphatic carbocycles. The minimum Gasteiger partial charge on any atom is -0.352 e. The van der Waals surface area contributed by atoms with Gasteiger partial charge in [-0.15, -0.1) is 0 Å². The van der Waals surface area contributed by atoms with E-state index < -0.39 is 0 Å². The number of aromatic nitrogens is 4. The Balaban J connectivity index is 1.55. The molecule has 4 heterocycles. The lowest BCUT2D eigenvalue weighted by molar-refractivity contribution is 0.447. The second-order valence-electron chi connectivity index (χ2n) is 8.94. The van der Waals surface area contributed by atoms with Crippen LogP contribution >= 0.6 is 0 Å². The van der Waals surface area contributed by atoms with Gasteiger partial charge >= 0.3 is 0 Å². The third kappa shape index (κ3) is 4.32. The zero-order valence-corrected chi connectivity index (χ0v) is 18.0. The van der Waals surface area contributed by atoms with E-state index in [4.69, 9.17) is 32.9 Å². The van der Waals surface area contributed by atoms with Crippen molar-refractivity contribution in [1.82, 2.24) is 19.9 Å². The van der Waals surface area contributed by atoms with Gasteiger partial charge in [0.25, 0.3) is 0 Å². The number of benzene rings is 1. The van der Waals surface area contributed by atoms with E-state index in [9.17, 15) is 0 Å². The number of nitrogens with one attached hydrogen (secondary N) is 2. The predicted molar refractivity (Wildman–Crippen MR) is 127 cm³/mol. The second kappa shape index (κ2) is 8.51. The zero-order valence-electron chi connectivity index (χ0n) is 18.0. The maximum Gasteiger partial charge on any atom is 0.231 e. The van der Waals surface area contributed by atoms with Gasteiger partial charge in [0.1, 0.15) is 5.52 Å². The van der Waals surface area contributed by atoms with E-state index in [0.29, 0.717) is 43.7 Å². The lowest BCUT2D eigenvalue weighted by Crippen LogP contribution is -2.52. The van der Waals surface area contributed by atoms with Crippen LogP contribution in [0.25, 0.3) is 11.2 Å². The first-order valence-electron chi connectivity index (χ1n) is 11.1. The highest BCUT2D eigenvalue weighted by Crippen LogP contribution is 2.29. The van der Waals surface area contributed by atoms with Crippen LogP contribution in [-0.2, 0) is 0 Å². The highest BCUT2D eigenvalue weighted by Gasteiger charge is 2.29. The smallest absolute Gasteiger partial charge is 0.231 e. The average molecular weight is 438 g/mol. The number of para-hydroxylation sites is 1. The number of piperidine rings is 2. The highest BCUT2D eigenvalue weighted by atomic mass is 15.3. The van der Waals surface area contributed by atoms with Crippen molar-refractivity contribution in [2.24, 2.45) is 22.9 Å². The van der Waals surface area contributed by atoms with Crippen molar-refractivity contribution in [1.29, 1.82) is 0 Å². The molecule has 4 atom stereocenters.